The van der Waals surface area contributed by atoms with Gasteiger partial charge in [-0.2, -0.15) is 0 Å². The third kappa shape index (κ3) is 4.67. The Labute approximate surface area is 337 Å². The molecule has 1 aliphatic heterocycles. The minimum atomic E-state index is -0.250. The van der Waals surface area contributed by atoms with Crippen LogP contribution in [0.4, 0.5) is 0 Å². The van der Waals surface area contributed by atoms with E-state index in [2.05, 4.69) is 174 Å². The Hall–Kier alpha value is -6.53. The number of nitrogens with one attached hydrogen (secondary N) is 1. The second-order valence-electron chi connectivity index (χ2n) is 15.4. The van der Waals surface area contributed by atoms with Gasteiger partial charge < -0.3 is 9.88 Å². The number of aryl methyl sites for hydroxylation is 1. The summed E-state index contributed by atoms with van der Waals surface area (Å²) in [5, 5.41) is 10.4. The number of allylic oxidation sites excluding steroid dienone is 2. The van der Waals surface area contributed by atoms with E-state index >= 15 is 0 Å². The van der Waals surface area contributed by atoms with Crippen LogP contribution in [0.2, 0.25) is 0 Å². The molecule has 7 aromatic carbocycles. The Morgan fingerprint density at radius 3 is 2.07 bits per heavy atom. The van der Waals surface area contributed by atoms with Crippen molar-refractivity contribution in [3.63, 3.8) is 0 Å². The summed E-state index contributed by atoms with van der Waals surface area (Å²) in [7, 11) is 0. The van der Waals surface area contributed by atoms with Crippen molar-refractivity contribution in [2.24, 2.45) is 4.99 Å². The van der Waals surface area contributed by atoms with Gasteiger partial charge in [-0.05, 0) is 101 Å². The smallest absolute Gasteiger partial charge is 0.145 e. The Kier molecular flexibility index (Phi) is 6.66. The second kappa shape index (κ2) is 12.0. The van der Waals surface area contributed by atoms with E-state index in [9.17, 15) is 0 Å². The maximum absolute atomic E-state index is 5.45. The van der Waals surface area contributed by atoms with Crippen molar-refractivity contribution in [1.82, 2.24) is 9.88 Å². The van der Waals surface area contributed by atoms with Crippen molar-refractivity contribution in [2.45, 2.75) is 19.0 Å². The summed E-state index contributed by atoms with van der Waals surface area (Å²) in [5.74, 6) is 0. The van der Waals surface area contributed by atoms with Crippen LogP contribution in [0.3, 0.4) is 0 Å². The van der Waals surface area contributed by atoms with E-state index in [0.717, 1.165) is 40.9 Å². The summed E-state index contributed by atoms with van der Waals surface area (Å²) in [6.45, 7) is 0. The van der Waals surface area contributed by atoms with Crippen LogP contribution in [0, 0.1) is 0 Å². The van der Waals surface area contributed by atoms with Gasteiger partial charge in [-0.3, -0.25) is 4.99 Å². The lowest BCUT2D eigenvalue weighted by Gasteiger charge is -2.25. The number of rotatable bonds is 4. The standard InChI is InChI=1S/C52H33N3S2/c1-4-16-44-37(13-1)50-38-14-7-9-31-10-8-15-39(49(31)38)51(50)55(44)34-23-19-30(20-24-34)42-29-43(32-21-25-47-40(27-32)35-11-2-5-17-45(35)56-47)54-52(53-42)33-22-26-48-41(28-33)36-12-3-6-18-46(36)57-48/h1-6,8,10-29,52-53H,7,9H2. The molecule has 0 radical (unpaired) electrons. The van der Waals surface area contributed by atoms with E-state index in [-0.39, 0.29) is 6.17 Å². The van der Waals surface area contributed by atoms with Crippen molar-refractivity contribution in [3.8, 4) is 16.9 Å². The van der Waals surface area contributed by atoms with E-state index in [1.165, 1.54) is 90.5 Å². The lowest BCUT2D eigenvalue weighted by Crippen LogP contribution is -2.24. The lowest BCUT2D eigenvalue weighted by molar-refractivity contribution is 0.665. The molecule has 0 spiro atoms. The number of nitrogens with zero attached hydrogens (tertiary/aromatic N) is 2. The first-order valence-corrected chi connectivity index (χ1v) is 21.3. The molecule has 0 amide bonds. The number of fused-ring (bicyclic) bond motifs is 11. The fourth-order valence-corrected chi connectivity index (χ4v) is 11.8. The molecular formula is C52H33N3S2. The van der Waals surface area contributed by atoms with Crippen molar-refractivity contribution in [3.05, 3.63) is 197 Å². The molecule has 4 heterocycles. The molecule has 0 bridgehead atoms. The zero-order valence-corrected chi connectivity index (χ0v) is 32.4. The summed E-state index contributed by atoms with van der Waals surface area (Å²) in [4.78, 5) is 5.45. The summed E-state index contributed by atoms with van der Waals surface area (Å²) < 4.78 is 7.71. The SMILES string of the molecule is C1=C(c2ccc(-n3c4c(c5ccccc53)C3=CCCc5cccc-4c53)cc2)NC(c2ccc3sc4ccccc4c3c2)N=C1c1ccc2sc3ccccc3c2c1. The summed E-state index contributed by atoms with van der Waals surface area (Å²) in [6.07, 6.45) is 6.65. The normalized spacial score (nSPS) is 15.9. The van der Waals surface area contributed by atoms with Gasteiger partial charge in [0.25, 0.3) is 0 Å². The highest BCUT2D eigenvalue weighted by atomic mass is 32.1. The van der Waals surface area contributed by atoms with Gasteiger partial charge in [-0.15, -0.1) is 22.7 Å². The summed E-state index contributed by atoms with van der Waals surface area (Å²) in [5.41, 5.74) is 16.2. The highest BCUT2D eigenvalue weighted by Gasteiger charge is 2.33. The van der Waals surface area contributed by atoms with E-state index in [1.54, 1.807) is 0 Å². The van der Waals surface area contributed by atoms with Crippen LogP contribution in [0.1, 0.15) is 46.0 Å². The van der Waals surface area contributed by atoms with Crippen LogP contribution in [0.15, 0.2) is 169 Å². The van der Waals surface area contributed by atoms with E-state index in [4.69, 9.17) is 4.99 Å². The van der Waals surface area contributed by atoms with Gasteiger partial charge in [-0.25, -0.2) is 0 Å². The van der Waals surface area contributed by atoms with Crippen molar-refractivity contribution in [1.29, 1.82) is 0 Å². The van der Waals surface area contributed by atoms with Crippen molar-refractivity contribution >= 4 is 90.9 Å². The highest BCUT2D eigenvalue weighted by molar-refractivity contribution is 7.26. The van der Waals surface area contributed by atoms with Crippen LogP contribution in [0.25, 0.3) is 79.5 Å². The zero-order chi connectivity index (χ0) is 37.2. The van der Waals surface area contributed by atoms with Crippen LogP contribution in [-0.2, 0) is 6.42 Å². The topological polar surface area (TPSA) is 29.3 Å². The van der Waals surface area contributed by atoms with Crippen LogP contribution in [0.5, 0.6) is 0 Å². The van der Waals surface area contributed by atoms with Gasteiger partial charge in [0.1, 0.15) is 6.17 Å². The quantitative estimate of drug-likeness (QED) is 0.190. The largest absolute Gasteiger partial charge is 0.360 e. The molecule has 5 heteroatoms. The second-order valence-corrected chi connectivity index (χ2v) is 17.6. The van der Waals surface area contributed by atoms with Crippen LogP contribution < -0.4 is 5.32 Å². The molecule has 13 rings (SSSR count). The average Bonchev–Trinajstić information content (AvgIpc) is 4.02. The molecule has 3 aromatic heterocycles. The number of benzene rings is 7. The van der Waals surface area contributed by atoms with Gasteiger partial charge in [0.2, 0.25) is 0 Å². The average molecular weight is 764 g/mol. The first kappa shape index (κ1) is 31.7. The van der Waals surface area contributed by atoms with Gasteiger partial charge in [0.05, 0.1) is 16.9 Å². The van der Waals surface area contributed by atoms with Gasteiger partial charge in [0, 0.05) is 73.8 Å². The van der Waals surface area contributed by atoms with E-state index in [1.807, 2.05) is 22.7 Å². The highest BCUT2D eigenvalue weighted by Crippen LogP contribution is 2.53. The summed E-state index contributed by atoms with van der Waals surface area (Å²) in [6, 6.07) is 56.1. The Morgan fingerprint density at radius 1 is 0.579 bits per heavy atom. The van der Waals surface area contributed by atoms with E-state index in [0.29, 0.717) is 0 Å². The van der Waals surface area contributed by atoms with Crippen LogP contribution >= 0.6 is 22.7 Å². The maximum atomic E-state index is 5.45. The van der Waals surface area contributed by atoms with Crippen LogP contribution in [-0.4, -0.2) is 10.3 Å². The molecule has 1 unspecified atom stereocenters. The Bertz CT molecular complexity index is 3440. The Morgan fingerprint density at radius 2 is 1.26 bits per heavy atom. The predicted octanol–water partition coefficient (Wildman–Crippen LogP) is 13.9. The molecule has 2 aliphatic carbocycles. The fourth-order valence-electron chi connectivity index (χ4n) is 9.67. The molecule has 268 valence electrons. The molecule has 3 aliphatic rings. The third-order valence-corrected chi connectivity index (χ3v) is 14.6. The number of hydrogen-bond acceptors (Lipinski definition) is 4. The minimum Gasteiger partial charge on any atom is -0.360 e. The first-order chi connectivity index (χ1) is 28.2. The molecule has 0 saturated heterocycles. The van der Waals surface area contributed by atoms with Crippen molar-refractivity contribution in [2.75, 3.05) is 0 Å². The van der Waals surface area contributed by atoms with Gasteiger partial charge in [-0.1, -0.05) is 103 Å². The molecule has 1 N–H and O–H groups in total. The molecule has 3 nitrogen and oxygen atoms in total. The minimum absolute atomic E-state index is 0.250. The molecule has 57 heavy (non-hydrogen) atoms. The fraction of sp³-hybridized carbons (Fsp3) is 0.0577. The number of thiophene rings is 2. The predicted molar refractivity (Wildman–Crippen MR) is 243 cm³/mol. The van der Waals surface area contributed by atoms with Crippen molar-refractivity contribution < 1.29 is 0 Å². The number of aromatic nitrogens is 1. The monoisotopic (exact) mass is 763 g/mol. The lowest BCUT2D eigenvalue weighted by atomic mass is 9.89. The zero-order valence-electron chi connectivity index (χ0n) is 30.8. The first-order valence-electron chi connectivity index (χ1n) is 19.7. The van der Waals surface area contributed by atoms with E-state index < -0.39 is 0 Å². The molecular weight excluding hydrogens is 731 g/mol. The van der Waals surface area contributed by atoms with Gasteiger partial charge >= 0.3 is 0 Å². The molecule has 1 atom stereocenters. The maximum Gasteiger partial charge on any atom is 0.145 e. The van der Waals surface area contributed by atoms with Gasteiger partial charge in [0.15, 0.2) is 0 Å². The molecule has 0 fully saturated rings. The number of hydrogen-bond donors (Lipinski definition) is 1. The third-order valence-electron chi connectivity index (χ3n) is 12.2. The number of aliphatic imine (C=N–C) groups is 1. The molecule has 10 aromatic rings. The Balaban J connectivity index is 0.950. The molecule has 0 saturated carbocycles. The number of para-hydroxylation sites is 1. The summed E-state index contributed by atoms with van der Waals surface area (Å²) >= 11 is 3.70.